The van der Waals surface area contributed by atoms with Crippen LogP contribution in [0.1, 0.15) is 49.4 Å². The molecule has 2 aliphatic carbocycles. The summed E-state index contributed by atoms with van der Waals surface area (Å²) < 4.78 is 7.17. The Morgan fingerprint density at radius 3 is 2.53 bits per heavy atom. The minimum absolute atomic E-state index is 0.0933. The lowest BCUT2D eigenvalue weighted by Crippen LogP contribution is -2.34. The highest BCUT2D eigenvalue weighted by molar-refractivity contribution is 7.99. The second kappa shape index (κ2) is 9.07. The first-order valence-corrected chi connectivity index (χ1v) is 11.3. The van der Waals surface area contributed by atoms with Crippen LogP contribution in [0.3, 0.4) is 0 Å². The number of primary amides is 1. The molecule has 0 saturated heterocycles. The van der Waals surface area contributed by atoms with Crippen molar-refractivity contribution in [1.29, 1.82) is 0 Å². The minimum atomic E-state index is -0.350. The van der Waals surface area contributed by atoms with Crippen molar-refractivity contribution < 1.29 is 14.3 Å². The number of hydrogen-bond donors (Lipinski definition) is 1. The van der Waals surface area contributed by atoms with Crippen molar-refractivity contribution in [2.75, 3.05) is 12.9 Å². The van der Waals surface area contributed by atoms with Gasteiger partial charge in [-0.1, -0.05) is 23.9 Å². The van der Waals surface area contributed by atoms with E-state index in [0.29, 0.717) is 36.0 Å². The first kappa shape index (κ1) is 20.7. The molecular formula is C21H27N5O3S. The number of benzene rings is 1. The number of nitrogens with two attached hydrogens (primary N) is 1. The van der Waals surface area contributed by atoms with Gasteiger partial charge < -0.3 is 19.9 Å². The number of methoxy groups -OCH3 is 1. The lowest BCUT2D eigenvalue weighted by Gasteiger charge is -2.22. The Bertz CT molecular complexity index is 906. The summed E-state index contributed by atoms with van der Waals surface area (Å²) in [5, 5.41) is 9.29. The number of ether oxygens (including phenoxy) is 1. The molecular weight excluding hydrogens is 402 g/mol. The van der Waals surface area contributed by atoms with Crippen LogP contribution in [-0.2, 0) is 22.7 Å². The van der Waals surface area contributed by atoms with Crippen molar-refractivity contribution >= 4 is 23.6 Å². The van der Waals surface area contributed by atoms with Crippen LogP contribution < -0.4 is 10.5 Å². The summed E-state index contributed by atoms with van der Waals surface area (Å²) >= 11 is 1.39. The molecule has 2 N–H and O–H groups in total. The molecule has 8 nitrogen and oxygen atoms in total. The quantitative estimate of drug-likeness (QED) is 0.550. The molecule has 0 spiro atoms. The van der Waals surface area contributed by atoms with Gasteiger partial charge >= 0.3 is 0 Å². The molecule has 1 aromatic heterocycles. The zero-order valence-corrected chi connectivity index (χ0v) is 17.9. The molecule has 0 atom stereocenters. The number of carbonyl (C=O) groups is 2. The van der Waals surface area contributed by atoms with Gasteiger partial charge in [0.1, 0.15) is 11.6 Å². The van der Waals surface area contributed by atoms with Crippen LogP contribution in [0.4, 0.5) is 0 Å². The Labute approximate surface area is 180 Å². The predicted octanol–water partition coefficient (Wildman–Crippen LogP) is 2.32. The van der Waals surface area contributed by atoms with Gasteiger partial charge in [-0.25, -0.2) is 0 Å². The summed E-state index contributed by atoms with van der Waals surface area (Å²) in [5.74, 6) is 2.16. The van der Waals surface area contributed by atoms with E-state index >= 15 is 0 Å². The zero-order chi connectivity index (χ0) is 21.1. The number of nitrogens with zero attached hydrogens (tertiary/aromatic N) is 4. The number of thioether (sulfide) groups is 1. The number of aromatic nitrogens is 3. The van der Waals surface area contributed by atoms with E-state index in [1.54, 1.807) is 7.11 Å². The van der Waals surface area contributed by atoms with Crippen LogP contribution in [0, 0.1) is 0 Å². The third-order valence-electron chi connectivity index (χ3n) is 5.41. The van der Waals surface area contributed by atoms with Crippen LogP contribution in [-0.4, -0.2) is 50.4 Å². The van der Waals surface area contributed by atoms with E-state index in [-0.39, 0.29) is 18.2 Å². The third kappa shape index (κ3) is 5.13. The monoisotopic (exact) mass is 429 g/mol. The van der Waals surface area contributed by atoms with Gasteiger partial charge in [0.05, 0.1) is 12.9 Å². The third-order valence-corrected chi connectivity index (χ3v) is 6.37. The number of carbonyl (C=O) groups excluding carboxylic acids is 2. The molecule has 1 heterocycles. The van der Waals surface area contributed by atoms with Crippen molar-refractivity contribution in [1.82, 2.24) is 19.7 Å². The molecule has 0 unspecified atom stereocenters. The van der Waals surface area contributed by atoms with Crippen molar-refractivity contribution in [2.24, 2.45) is 5.73 Å². The van der Waals surface area contributed by atoms with E-state index in [0.717, 1.165) is 42.8 Å². The molecule has 0 aliphatic heterocycles. The molecule has 0 bridgehead atoms. The second-order valence-electron chi connectivity index (χ2n) is 7.87. The summed E-state index contributed by atoms with van der Waals surface area (Å²) in [7, 11) is 1.64. The van der Waals surface area contributed by atoms with E-state index in [1.165, 1.54) is 11.8 Å². The largest absolute Gasteiger partial charge is 0.497 e. The first-order valence-electron chi connectivity index (χ1n) is 10.3. The lowest BCUT2D eigenvalue weighted by atomic mass is 10.2. The average Bonchev–Trinajstić information content (AvgIpc) is 3.67. The summed E-state index contributed by atoms with van der Waals surface area (Å²) in [5.41, 5.74) is 6.41. The highest BCUT2D eigenvalue weighted by Crippen LogP contribution is 2.40. The summed E-state index contributed by atoms with van der Waals surface area (Å²) in [6, 6.07) is 8.14. The van der Waals surface area contributed by atoms with Gasteiger partial charge in [-0.05, 0) is 43.4 Å². The molecule has 30 heavy (non-hydrogen) atoms. The van der Waals surface area contributed by atoms with Crippen LogP contribution in [0.25, 0.3) is 0 Å². The molecule has 160 valence electrons. The van der Waals surface area contributed by atoms with Crippen molar-refractivity contribution in [3.63, 3.8) is 0 Å². The maximum absolute atomic E-state index is 13.0. The Balaban J connectivity index is 1.40. The van der Waals surface area contributed by atoms with Crippen molar-refractivity contribution in [3.05, 3.63) is 35.7 Å². The summed E-state index contributed by atoms with van der Waals surface area (Å²) in [6.07, 6.45) is 4.52. The van der Waals surface area contributed by atoms with E-state index in [1.807, 2.05) is 33.7 Å². The van der Waals surface area contributed by atoms with Crippen LogP contribution in [0.15, 0.2) is 29.4 Å². The van der Waals surface area contributed by atoms with E-state index in [2.05, 4.69) is 10.2 Å². The van der Waals surface area contributed by atoms with E-state index in [4.69, 9.17) is 10.5 Å². The Morgan fingerprint density at radius 1 is 1.20 bits per heavy atom. The minimum Gasteiger partial charge on any atom is -0.497 e. The molecule has 2 fully saturated rings. The van der Waals surface area contributed by atoms with E-state index in [9.17, 15) is 9.59 Å². The van der Waals surface area contributed by atoms with Gasteiger partial charge in [-0.2, -0.15) is 0 Å². The highest BCUT2D eigenvalue weighted by atomic mass is 32.2. The summed E-state index contributed by atoms with van der Waals surface area (Å²) in [6.45, 7) is 1.05. The second-order valence-corrected chi connectivity index (χ2v) is 8.82. The predicted molar refractivity (Wildman–Crippen MR) is 113 cm³/mol. The molecule has 2 amide bonds. The van der Waals surface area contributed by atoms with Gasteiger partial charge in [0, 0.05) is 31.5 Å². The molecule has 2 aliphatic rings. The topological polar surface area (TPSA) is 103 Å². The molecule has 9 heteroatoms. The lowest BCUT2D eigenvalue weighted by molar-refractivity contribution is -0.129. The number of amides is 2. The van der Waals surface area contributed by atoms with Crippen molar-refractivity contribution in [2.45, 2.75) is 62.3 Å². The maximum Gasteiger partial charge on any atom is 0.233 e. The summed E-state index contributed by atoms with van der Waals surface area (Å²) in [4.78, 5) is 26.2. The van der Waals surface area contributed by atoms with Gasteiger partial charge in [0.25, 0.3) is 0 Å². The first-order chi connectivity index (χ1) is 14.5. The Kier molecular flexibility index (Phi) is 6.26. The molecule has 1 aromatic carbocycles. The fourth-order valence-corrected chi connectivity index (χ4v) is 4.28. The number of rotatable bonds is 11. The number of hydrogen-bond acceptors (Lipinski definition) is 6. The van der Waals surface area contributed by atoms with Gasteiger partial charge in [-0.15, -0.1) is 10.2 Å². The highest BCUT2D eigenvalue weighted by Gasteiger charge is 2.33. The molecule has 2 aromatic rings. The SMILES string of the molecule is COc1ccc(CN(C(=O)CSc2nnc(C3CC3)n2CCC(N)=O)C2CC2)cc1. The Hall–Kier alpha value is -2.55. The van der Waals surface area contributed by atoms with Gasteiger partial charge in [-0.3, -0.25) is 9.59 Å². The molecule has 2 saturated carbocycles. The Morgan fingerprint density at radius 2 is 1.93 bits per heavy atom. The van der Waals surface area contributed by atoms with Crippen LogP contribution in [0.5, 0.6) is 5.75 Å². The molecule has 4 rings (SSSR count). The van der Waals surface area contributed by atoms with Gasteiger partial charge in [0.15, 0.2) is 5.16 Å². The maximum atomic E-state index is 13.0. The normalized spacial score (nSPS) is 15.8. The van der Waals surface area contributed by atoms with Crippen molar-refractivity contribution in [3.8, 4) is 5.75 Å². The fraction of sp³-hybridized carbons (Fsp3) is 0.524. The molecule has 0 radical (unpaired) electrons. The smallest absolute Gasteiger partial charge is 0.233 e. The average molecular weight is 430 g/mol. The standard InChI is InChI=1S/C21H27N5O3S/c1-29-17-8-2-14(3-9-17)12-26(16-6-7-16)19(28)13-30-21-24-23-20(15-4-5-15)25(21)11-10-18(22)27/h2-3,8-9,15-16H,4-7,10-13H2,1H3,(H2,22,27). The van der Waals surface area contributed by atoms with E-state index < -0.39 is 0 Å². The van der Waals surface area contributed by atoms with Crippen LogP contribution >= 0.6 is 11.8 Å². The van der Waals surface area contributed by atoms with Crippen LogP contribution in [0.2, 0.25) is 0 Å². The van der Waals surface area contributed by atoms with Gasteiger partial charge in [0.2, 0.25) is 11.8 Å². The fourth-order valence-electron chi connectivity index (χ4n) is 3.43. The zero-order valence-electron chi connectivity index (χ0n) is 17.1.